The quantitative estimate of drug-likeness (QED) is 0.795. The molecule has 0 saturated carbocycles. The van der Waals surface area contributed by atoms with Crippen molar-refractivity contribution in [2.24, 2.45) is 0 Å². The van der Waals surface area contributed by atoms with Gasteiger partial charge in [0.1, 0.15) is 11.6 Å². The van der Waals surface area contributed by atoms with Crippen molar-refractivity contribution < 1.29 is 8.78 Å². The van der Waals surface area contributed by atoms with E-state index in [0.29, 0.717) is 12.1 Å². The SMILES string of the molecule is Fc1ccc(C2NCc3c(F)cccc32)cc1. The van der Waals surface area contributed by atoms with E-state index in [1.807, 2.05) is 6.07 Å². The van der Waals surface area contributed by atoms with Crippen LogP contribution < -0.4 is 5.32 Å². The van der Waals surface area contributed by atoms with Crippen molar-refractivity contribution in [2.75, 3.05) is 0 Å². The Morgan fingerprint density at radius 3 is 2.53 bits per heavy atom. The van der Waals surface area contributed by atoms with E-state index in [-0.39, 0.29) is 17.7 Å². The molecule has 2 aromatic carbocycles. The van der Waals surface area contributed by atoms with Crippen LogP contribution in [0.25, 0.3) is 0 Å². The fourth-order valence-electron chi connectivity index (χ4n) is 2.30. The topological polar surface area (TPSA) is 12.0 Å². The van der Waals surface area contributed by atoms with Crippen molar-refractivity contribution in [1.29, 1.82) is 0 Å². The fourth-order valence-corrected chi connectivity index (χ4v) is 2.30. The molecule has 3 rings (SSSR count). The van der Waals surface area contributed by atoms with Gasteiger partial charge in [0.05, 0.1) is 6.04 Å². The van der Waals surface area contributed by atoms with Gasteiger partial charge >= 0.3 is 0 Å². The molecule has 1 nitrogen and oxygen atoms in total. The molecule has 0 amide bonds. The summed E-state index contributed by atoms with van der Waals surface area (Å²) in [7, 11) is 0. The van der Waals surface area contributed by atoms with Crippen LogP contribution in [-0.2, 0) is 6.54 Å². The molecule has 0 radical (unpaired) electrons. The number of benzene rings is 2. The molecule has 1 atom stereocenters. The van der Waals surface area contributed by atoms with Gasteiger partial charge in [0, 0.05) is 12.1 Å². The summed E-state index contributed by atoms with van der Waals surface area (Å²) in [6.07, 6.45) is 0. The second-order valence-electron chi connectivity index (χ2n) is 4.17. The predicted octanol–water partition coefficient (Wildman–Crippen LogP) is 3.16. The molecule has 0 bridgehead atoms. The summed E-state index contributed by atoms with van der Waals surface area (Å²) in [4.78, 5) is 0. The molecule has 86 valence electrons. The third-order valence-corrected chi connectivity index (χ3v) is 3.15. The van der Waals surface area contributed by atoms with Gasteiger partial charge in [0.25, 0.3) is 0 Å². The summed E-state index contributed by atoms with van der Waals surface area (Å²) >= 11 is 0. The maximum absolute atomic E-state index is 13.5. The summed E-state index contributed by atoms with van der Waals surface area (Å²) in [5.74, 6) is -0.439. The zero-order valence-electron chi connectivity index (χ0n) is 9.08. The van der Waals surface area contributed by atoms with Gasteiger partial charge in [-0.25, -0.2) is 8.78 Å². The Balaban J connectivity index is 2.04. The lowest BCUT2D eigenvalue weighted by molar-refractivity contribution is 0.603. The second kappa shape index (κ2) is 3.93. The first-order valence-electron chi connectivity index (χ1n) is 5.52. The zero-order valence-corrected chi connectivity index (χ0v) is 9.08. The molecule has 1 aliphatic heterocycles. The summed E-state index contributed by atoms with van der Waals surface area (Å²) < 4.78 is 26.4. The van der Waals surface area contributed by atoms with Gasteiger partial charge in [-0.05, 0) is 29.3 Å². The molecule has 2 aromatic rings. The molecule has 1 aliphatic rings. The molecular formula is C14H11F2N. The minimum Gasteiger partial charge on any atom is -0.302 e. The van der Waals surface area contributed by atoms with Crippen LogP contribution >= 0.6 is 0 Å². The molecule has 17 heavy (non-hydrogen) atoms. The number of hydrogen-bond acceptors (Lipinski definition) is 1. The Labute approximate surface area is 98.1 Å². The third-order valence-electron chi connectivity index (χ3n) is 3.15. The summed E-state index contributed by atoms with van der Waals surface area (Å²) in [5, 5.41) is 3.24. The smallest absolute Gasteiger partial charge is 0.128 e. The Hall–Kier alpha value is -1.74. The Kier molecular flexibility index (Phi) is 2.41. The van der Waals surface area contributed by atoms with Gasteiger partial charge in [0.15, 0.2) is 0 Å². The predicted molar refractivity (Wildman–Crippen MR) is 61.5 cm³/mol. The average Bonchev–Trinajstić information content (AvgIpc) is 2.75. The molecule has 1 unspecified atom stereocenters. The minimum absolute atomic E-state index is 0.0405. The van der Waals surface area contributed by atoms with E-state index in [1.165, 1.54) is 18.2 Å². The molecule has 0 saturated heterocycles. The van der Waals surface area contributed by atoms with Crippen LogP contribution in [0.5, 0.6) is 0 Å². The lowest BCUT2D eigenvalue weighted by atomic mass is 9.98. The summed E-state index contributed by atoms with van der Waals surface area (Å²) in [6, 6.07) is 11.3. The van der Waals surface area contributed by atoms with E-state index in [4.69, 9.17) is 0 Å². The van der Waals surface area contributed by atoms with Gasteiger partial charge in [-0.1, -0.05) is 24.3 Å². The number of nitrogens with one attached hydrogen (secondary N) is 1. The fraction of sp³-hybridized carbons (Fsp3) is 0.143. The van der Waals surface area contributed by atoms with Gasteiger partial charge in [-0.3, -0.25) is 0 Å². The van der Waals surface area contributed by atoms with Gasteiger partial charge < -0.3 is 5.32 Å². The highest BCUT2D eigenvalue weighted by molar-refractivity contribution is 5.41. The minimum atomic E-state index is -0.258. The maximum atomic E-state index is 13.5. The van der Waals surface area contributed by atoms with Crippen LogP contribution in [-0.4, -0.2) is 0 Å². The van der Waals surface area contributed by atoms with Crippen LogP contribution in [0, 0.1) is 11.6 Å². The lowest BCUT2D eigenvalue weighted by Crippen LogP contribution is -2.13. The molecule has 1 N–H and O–H groups in total. The molecule has 0 aliphatic carbocycles. The van der Waals surface area contributed by atoms with Gasteiger partial charge in [-0.15, -0.1) is 0 Å². The van der Waals surface area contributed by atoms with E-state index < -0.39 is 0 Å². The highest BCUT2D eigenvalue weighted by Crippen LogP contribution is 2.32. The highest BCUT2D eigenvalue weighted by Gasteiger charge is 2.25. The van der Waals surface area contributed by atoms with E-state index in [9.17, 15) is 8.78 Å². The maximum Gasteiger partial charge on any atom is 0.128 e. The van der Waals surface area contributed by atoms with Crippen molar-refractivity contribution in [3.8, 4) is 0 Å². The largest absolute Gasteiger partial charge is 0.302 e. The number of halogens is 2. The van der Waals surface area contributed by atoms with E-state index in [0.717, 1.165) is 11.1 Å². The van der Waals surface area contributed by atoms with E-state index >= 15 is 0 Å². The van der Waals surface area contributed by atoms with Crippen molar-refractivity contribution in [1.82, 2.24) is 5.32 Å². The van der Waals surface area contributed by atoms with Crippen LogP contribution in [0.3, 0.4) is 0 Å². The van der Waals surface area contributed by atoms with Crippen molar-refractivity contribution >= 4 is 0 Å². The Bertz CT molecular complexity index is 549. The number of rotatable bonds is 1. The third kappa shape index (κ3) is 1.72. The van der Waals surface area contributed by atoms with Crippen molar-refractivity contribution in [3.05, 3.63) is 70.8 Å². The first kappa shape index (κ1) is 10.4. The summed E-state index contributed by atoms with van der Waals surface area (Å²) in [6.45, 7) is 0.518. The average molecular weight is 231 g/mol. The van der Waals surface area contributed by atoms with Gasteiger partial charge in [0.2, 0.25) is 0 Å². The van der Waals surface area contributed by atoms with Crippen LogP contribution in [0.2, 0.25) is 0 Å². The Morgan fingerprint density at radius 2 is 1.76 bits per heavy atom. The van der Waals surface area contributed by atoms with Crippen LogP contribution in [0.1, 0.15) is 22.7 Å². The Morgan fingerprint density at radius 1 is 1.00 bits per heavy atom. The molecule has 1 heterocycles. The first-order chi connectivity index (χ1) is 8.25. The van der Waals surface area contributed by atoms with E-state index in [1.54, 1.807) is 18.2 Å². The monoisotopic (exact) mass is 231 g/mol. The molecule has 0 aromatic heterocycles. The second-order valence-corrected chi connectivity index (χ2v) is 4.17. The molecule has 0 fully saturated rings. The van der Waals surface area contributed by atoms with Gasteiger partial charge in [-0.2, -0.15) is 0 Å². The molecular weight excluding hydrogens is 220 g/mol. The normalized spacial score (nSPS) is 18.1. The van der Waals surface area contributed by atoms with Crippen LogP contribution in [0.15, 0.2) is 42.5 Å². The lowest BCUT2D eigenvalue weighted by Gasteiger charge is -2.12. The highest BCUT2D eigenvalue weighted by atomic mass is 19.1. The van der Waals surface area contributed by atoms with E-state index in [2.05, 4.69) is 5.32 Å². The zero-order chi connectivity index (χ0) is 11.8. The number of hydrogen-bond donors (Lipinski definition) is 1. The first-order valence-corrected chi connectivity index (χ1v) is 5.52. The standard InChI is InChI=1S/C14H11F2N/c15-10-6-4-9(5-7-10)14-11-2-1-3-13(16)12(11)8-17-14/h1-7,14,17H,8H2. The number of fused-ring (bicyclic) bond motifs is 1. The van der Waals surface area contributed by atoms with Crippen molar-refractivity contribution in [2.45, 2.75) is 12.6 Å². The summed E-state index contributed by atoms with van der Waals surface area (Å²) in [5.41, 5.74) is 2.61. The van der Waals surface area contributed by atoms with Crippen molar-refractivity contribution in [3.63, 3.8) is 0 Å². The molecule has 0 spiro atoms. The molecule has 3 heteroatoms. The van der Waals surface area contributed by atoms with Crippen LogP contribution in [0.4, 0.5) is 8.78 Å².